The zero-order valence-corrected chi connectivity index (χ0v) is 11.4. The molecule has 0 aliphatic rings. The van der Waals surface area contributed by atoms with E-state index >= 15 is 0 Å². The summed E-state index contributed by atoms with van der Waals surface area (Å²) < 4.78 is 7.14. The van der Waals surface area contributed by atoms with E-state index < -0.39 is 0 Å². The van der Waals surface area contributed by atoms with Crippen LogP contribution in [0.1, 0.15) is 71.1 Å². The van der Waals surface area contributed by atoms with Crippen LogP contribution in [0.5, 0.6) is 0 Å². The summed E-state index contributed by atoms with van der Waals surface area (Å²) in [7, 11) is 0. The summed E-state index contributed by atoms with van der Waals surface area (Å²) in [6.07, 6.45) is 19.5. The van der Waals surface area contributed by atoms with Crippen LogP contribution in [-0.4, -0.2) is 0 Å². The zero-order chi connectivity index (χ0) is 12.2. The predicted octanol–water partition coefficient (Wildman–Crippen LogP) is 4.49. The lowest BCUT2D eigenvalue weighted by molar-refractivity contribution is -0.700. The lowest BCUT2D eigenvalue weighted by Gasteiger charge is -2.00. The van der Waals surface area contributed by atoms with Gasteiger partial charge in [-0.15, -0.1) is 0 Å². The Labute approximate surface area is 106 Å². The molecule has 0 bridgehead atoms. The largest absolute Gasteiger partial charge is 0.412 e. The lowest BCUT2D eigenvalue weighted by atomic mass is 10.1. The number of hydrogen-bond donors (Lipinski definition) is 0. The van der Waals surface area contributed by atoms with Gasteiger partial charge in [0.25, 0.3) is 0 Å². The molecule has 0 spiro atoms. The van der Waals surface area contributed by atoms with Crippen LogP contribution in [0.15, 0.2) is 23.3 Å². The van der Waals surface area contributed by atoms with E-state index in [2.05, 4.69) is 11.5 Å². The minimum Gasteiger partial charge on any atom is -0.412 e. The average molecular weight is 238 g/mol. The monoisotopic (exact) mass is 238 g/mol. The Morgan fingerprint density at radius 2 is 1.41 bits per heavy atom. The maximum absolute atomic E-state index is 5.02. The van der Waals surface area contributed by atoms with E-state index in [4.69, 9.17) is 4.42 Å². The molecule has 98 valence electrons. The standard InChI is InChI=1S/C15H28NO/c1-2-3-4-5-6-7-8-9-10-11-12-16-13-14-17-15-16/h13-15H,2-12H2,1H3/q+1. The summed E-state index contributed by atoms with van der Waals surface area (Å²) in [5.74, 6) is 0. The highest BCUT2D eigenvalue weighted by atomic mass is 16.3. The van der Waals surface area contributed by atoms with E-state index in [0.717, 1.165) is 6.54 Å². The quantitative estimate of drug-likeness (QED) is 0.410. The Morgan fingerprint density at radius 3 is 1.94 bits per heavy atom. The van der Waals surface area contributed by atoms with Crippen LogP contribution in [0.3, 0.4) is 0 Å². The zero-order valence-electron chi connectivity index (χ0n) is 11.4. The number of aromatic nitrogens is 1. The molecule has 0 radical (unpaired) electrons. The van der Waals surface area contributed by atoms with Crippen molar-refractivity contribution in [3.63, 3.8) is 0 Å². The topological polar surface area (TPSA) is 17.0 Å². The molecule has 1 rings (SSSR count). The van der Waals surface area contributed by atoms with Gasteiger partial charge in [-0.1, -0.05) is 58.3 Å². The van der Waals surface area contributed by atoms with E-state index in [9.17, 15) is 0 Å². The van der Waals surface area contributed by atoms with Crippen LogP contribution in [0, 0.1) is 0 Å². The molecule has 0 amide bonds. The minimum atomic E-state index is 1.10. The van der Waals surface area contributed by atoms with E-state index in [1.165, 1.54) is 64.2 Å². The molecule has 1 aromatic rings. The van der Waals surface area contributed by atoms with Crippen LogP contribution in [0.2, 0.25) is 0 Å². The van der Waals surface area contributed by atoms with Gasteiger partial charge in [0, 0.05) is 6.42 Å². The van der Waals surface area contributed by atoms with Crippen LogP contribution in [-0.2, 0) is 6.54 Å². The molecule has 2 nitrogen and oxygen atoms in total. The van der Waals surface area contributed by atoms with Gasteiger partial charge in [0.15, 0.2) is 12.8 Å². The maximum atomic E-state index is 5.02. The first-order valence-corrected chi connectivity index (χ1v) is 7.34. The first-order valence-electron chi connectivity index (χ1n) is 7.34. The van der Waals surface area contributed by atoms with Gasteiger partial charge in [-0.25, -0.2) is 0 Å². The molecule has 0 saturated heterocycles. The summed E-state index contributed by atoms with van der Waals surface area (Å²) in [5, 5.41) is 0. The van der Waals surface area contributed by atoms with Crippen molar-refractivity contribution in [1.29, 1.82) is 0 Å². The van der Waals surface area contributed by atoms with Crippen LogP contribution in [0.25, 0.3) is 0 Å². The Hall–Kier alpha value is -0.790. The van der Waals surface area contributed by atoms with Gasteiger partial charge in [0.05, 0.1) is 0 Å². The van der Waals surface area contributed by atoms with Crippen molar-refractivity contribution < 1.29 is 8.98 Å². The van der Waals surface area contributed by atoms with Crippen molar-refractivity contribution in [1.82, 2.24) is 0 Å². The molecule has 0 unspecified atom stereocenters. The fourth-order valence-electron chi connectivity index (χ4n) is 2.17. The van der Waals surface area contributed by atoms with Gasteiger partial charge in [0.1, 0.15) is 0 Å². The third kappa shape index (κ3) is 8.00. The molecule has 0 fully saturated rings. The van der Waals surface area contributed by atoms with E-state index in [1.54, 1.807) is 12.7 Å². The summed E-state index contributed by atoms with van der Waals surface area (Å²) in [5.41, 5.74) is 0. The number of hydrogen-bond acceptors (Lipinski definition) is 1. The Balaban J connectivity index is 1.76. The van der Waals surface area contributed by atoms with Crippen molar-refractivity contribution in [3.8, 4) is 0 Å². The van der Waals surface area contributed by atoms with Crippen LogP contribution in [0.4, 0.5) is 0 Å². The van der Waals surface area contributed by atoms with E-state index in [-0.39, 0.29) is 0 Å². The highest BCUT2D eigenvalue weighted by Gasteiger charge is 1.99. The molecule has 0 aliphatic carbocycles. The molecular weight excluding hydrogens is 210 g/mol. The Morgan fingerprint density at radius 1 is 0.824 bits per heavy atom. The molecular formula is C15H28NO+. The van der Waals surface area contributed by atoms with Crippen LogP contribution < -0.4 is 4.57 Å². The Kier molecular flexibility index (Phi) is 8.71. The first-order chi connectivity index (χ1) is 8.43. The number of rotatable bonds is 11. The molecule has 0 aromatic carbocycles. The highest BCUT2D eigenvalue weighted by Crippen LogP contribution is 2.10. The van der Waals surface area contributed by atoms with Gasteiger partial charge < -0.3 is 4.42 Å². The summed E-state index contributed by atoms with van der Waals surface area (Å²) in [6, 6.07) is 0. The van der Waals surface area contributed by atoms with Gasteiger partial charge in [-0.2, -0.15) is 4.57 Å². The van der Waals surface area contributed by atoms with Gasteiger partial charge in [-0.05, 0) is 6.42 Å². The number of nitrogens with zero attached hydrogens (tertiary/aromatic N) is 1. The molecule has 1 aromatic heterocycles. The van der Waals surface area contributed by atoms with Gasteiger partial charge in [-0.3, -0.25) is 0 Å². The van der Waals surface area contributed by atoms with E-state index in [1.807, 2.05) is 6.20 Å². The smallest absolute Gasteiger partial charge is 0.334 e. The minimum absolute atomic E-state index is 1.10. The maximum Gasteiger partial charge on any atom is 0.334 e. The summed E-state index contributed by atoms with van der Waals surface area (Å²) in [6.45, 7) is 3.38. The second kappa shape index (κ2) is 10.4. The molecule has 0 atom stereocenters. The normalized spacial score (nSPS) is 10.9. The van der Waals surface area contributed by atoms with Crippen molar-refractivity contribution in [2.45, 2.75) is 77.7 Å². The fourth-order valence-corrected chi connectivity index (χ4v) is 2.17. The molecule has 0 N–H and O–H groups in total. The SMILES string of the molecule is CCCCCCCCCCCC[n+]1ccoc1. The highest BCUT2D eigenvalue weighted by molar-refractivity contribution is 4.48. The third-order valence-corrected chi connectivity index (χ3v) is 3.30. The summed E-state index contributed by atoms with van der Waals surface area (Å²) >= 11 is 0. The van der Waals surface area contributed by atoms with Crippen molar-refractivity contribution in [2.24, 2.45) is 0 Å². The fraction of sp³-hybridized carbons (Fsp3) is 0.800. The first kappa shape index (κ1) is 14.3. The average Bonchev–Trinajstić information content (AvgIpc) is 2.85. The predicted molar refractivity (Wildman–Crippen MR) is 70.7 cm³/mol. The second-order valence-corrected chi connectivity index (χ2v) is 4.95. The molecule has 1 heterocycles. The third-order valence-electron chi connectivity index (χ3n) is 3.30. The van der Waals surface area contributed by atoms with Crippen molar-refractivity contribution in [3.05, 3.63) is 18.9 Å². The van der Waals surface area contributed by atoms with E-state index in [0.29, 0.717) is 0 Å². The number of oxazole rings is 1. The Bertz CT molecular complexity index is 243. The number of unbranched alkanes of at least 4 members (excludes halogenated alkanes) is 9. The molecule has 17 heavy (non-hydrogen) atoms. The van der Waals surface area contributed by atoms with Crippen LogP contribution >= 0.6 is 0 Å². The molecule has 0 saturated carbocycles. The molecule has 0 aliphatic heterocycles. The number of aryl methyl sites for hydroxylation is 1. The second-order valence-electron chi connectivity index (χ2n) is 4.95. The van der Waals surface area contributed by atoms with Gasteiger partial charge >= 0.3 is 6.39 Å². The summed E-state index contributed by atoms with van der Waals surface area (Å²) in [4.78, 5) is 0. The van der Waals surface area contributed by atoms with Crippen molar-refractivity contribution >= 4 is 0 Å². The molecule has 2 heteroatoms. The lowest BCUT2D eigenvalue weighted by Crippen LogP contribution is -2.29. The van der Waals surface area contributed by atoms with Gasteiger partial charge in [0.2, 0.25) is 6.20 Å². The van der Waals surface area contributed by atoms with Crippen molar-refractivity contribution in [2.75, 3.05) is 0 Å².